The van der Waals surface area contributed by atoms with Crippen LogP contribution in [0.3, 0.4) is 0 Å². The Hall–Kier alpha value is -1.52. The van der Waals surface area contributed by atoms with Crippen molar-refractivity contribution in [2.24, 2.45) is 11.8 Å². The second kappa shape index (κ2) is 8.08. The molecule has 0 spiro atoms. The normalized spacial score (nSPS) is 23.7. The van der Waals surface area contributed by atoms with Crippen LogP contribution in [0, 0.1) is 11.8 Å². The zero-order chi connectivity index (χ0) is 19.7. The van der Waals surface area contributed by atoms with Crippen LogP contribution in [0.5, 0.6) is 0 Å². The zero-order valence-electron chi connectivity index (χ0n) is 16.2. The molecule has 1 aromatic rings. The SMILES string of the molecule is CS(=O)(=O)N1CCC(c2noc(CC3CN(C(=O)C4CCOCC4)C3)n2)CC1. The summed E-state index contributed by atoms with van der Waals surface area (Å²) in [7, 11) is -3.13. The molecule has 0 atom stereocenters. The van der Waals surface area contributed by atoms with Crippen LogP contribution in [-0.2, 0) is 26.0 Å². The minimum absolute atomic E-state index is 0.113. The third-order valence-corrected chi connectivity index (χ3v) is 7.38. The number of aromatic nitrogens is 2. The first-order chi connectivity index (χ1) is 13.4. The first kappa shape index (κ1) is 19.8. The molecule has 1 aromatic heterocycles. The van der Waals surface area contributed by atoms with Crippen LogP contribution in [0.2, 0.25) is 0 Å². The second-order valence-electron chi connectivity index (χ2n) is 8.18. The van der Waals surface area contributed by atoms with Crippen LogP contribution in [0.1, 0.15) is 43.3 Å². The van der Waals surface area contributed by atoms with E-state index < -0.39 is 10.0 Å². The monoisotopic (exact) mass is 412 g/mol. The first-order valence-corrected chi connectivity index (χ1v) is 11.9. The van der Waals surface area contributed by atoms with Gasteiger partial charge in [0, 0.05) is 63.6 Å². The van der Waals surface area contributed by atoms with Gasteiger partial charge in [-0.3, -0.25) is 4.79 Å². The van der Waals surface area contributed by atoms with Gasteiger partial charge in [0.1, 0.15) is 0 Å². The molecular weight excluding hydrogens is 384 g/mol. The quantitative estimate of drug-likeness (QED) is 0.698. The molecule has 1 amide bonds. The van der Waals surface area contributed by atoms with Crippen LogP contribution in [0.4, 0.5) is 0 Å². The van der Waals surface area contributed by atoms with E-state index in [9.17, 15) is 13.2 Å². The molecule has 3 aliphatic rings. The lowest BCUT2D eigenvalue weighted by Gasteiger charge is -2.41. The van der Waals surface area contributed by atoms with E-state index in [1.807, 2.05) is 4.90 Å². The topological polar surface area (TPSA) is 106 Å². The smallest absolute Gasteiger partial charge is 0.227 e. The Balaban J connectivity index is 1.23. The van der Waals surface area contributed by atoms with Crippen molar-refractivity contribution in [3.8, 4) is 0 Å². The number of rotatable bonds is 5. The van der Waals surface area contributed by atoms with E-state index in [1.165, 1.54) is 10.6 Å². The van der Waals surface area contributed by atoms with Crippen LogP contribution in [0.15, 0.2) is 4.52 Å². The molecule has 0 aliphatic carbocycles. The molecule has 9 nitrogen and oxygen atoms in total. The van der Waals surface area contributed by atoms with E-state index in [1.54, 1.807) is 0 Å². The Morgan fingerprint density at radius 1 is 1.14 bits per heavy atom. The predicted molar refractivity (Wildman–Crippen MR) is 100 cm³/mol. The number of sulfonamides is 1. The summed E-state index contributed by atoms with van der Waals surface area (Å²) < 4.78 is 35.5. The molecule has 28 heavy (non-hydrogen) atoms. The number of piperidine rings is 1. The van der Waals surface area contributed by atoms with Crippen molar-refractivity contribution in [3.05, 3.63) is 11.7 Å². The van der Waals surface area contributed by atoms with Crippen molar-refractivity contribution < 1.29 is 22.5 Å². The van der Waals surface area contributed by atoms with Crippen LogP contribution in [0.25, 0.3) is 0 Å². The van der Waals surface area contributed by atoms with Gasteiger partial charge in [-0.1, -0.05) is 5.16 Å². The summed E-state index contributed by atoms with van der Waals surface area (Å²) in [4.78, 5) is 18.9. The summed E-state index contributed by atoms with van der Waals surface area (Å²) in [5.74, 6) is 2.17. The molecular formula is C18H28N4O5S. The van der Waals surface area contributed by atoms with Crippen molar-refractivity contribution in [1.29, 1.82) is 0 Å². The molecule has 0 saturated carbocycles. The van der Waals surface area contributed by atoms with Crippen molar-refractivity contribution in [2.45, 2.75) is 38.0 Å². The zero-order valence-corrected chi connectivity index (χ0v) is 17.1. The molecule has 4 heterocycles. The van der Waals surface area contributed by atoms with E-state index >= 15 is 0 Å². The predicted octanol–water partition coefficient (Wildman–Crippen LogP) is 0.636. The number of nitrogens with zero attached hydrogens (tertiary/aromatic N) is 4. The van der Waals surface area contributed by atoms with Gasteiger partial charge >= 0.3 is 0 Å². The highest BCUT2D eigenvalue weighted by molar-refractivity contribution is 7.88. The molecule has 156 valence electrons. The van der Waals surface area contributed by atoms with E-state index in [0.717, 1.165) is 25.9 Å². The molecule has 3 aliphatic heterocycles. The standard InChI is InChI=1S/C18H28N4O5S/c1-28(24,25)22-6-2-14(3-7-22)17-19-16(27-20-17)10-13-11-21(12-13)18(23)15-4-8-26-9-5-15/h13-15H,2-12H2,1H3. The van der Waals surface area contributed by atoms with Gasteiger partial charge < -0.3 is 14.2 Å². The van der Waals surface area contributed by atoms with Gasteiger partial charge in [-0.05, 0) is 25.7 Å². The molecule has 0 aromatic carbocycles. The summed E-state index contributed by atoms with van der Waals surface area (Å²) in [6.07, 6.45) is 5.00. The average molecular weight is 413 g/mol. The number of amides is 1. The van der Waals surface area contributed by atoms with Gasteiger partial charge in [0.25, 0.3) is 0 Å². The van der Waals surface area contributed by atoms with Crippen LogP contribution in [-0.4, -0.2) is 79.3 Å². The maximum atomic E-state index is 12.5. The Bertz CT molecular complexity index is 791. The second-order valence-corrected chi connectivity index (χ2v) is 10.2. The maximum Gasteiger partial charge on any atom is 0.227 e. The van der Waals surface area contributed by atoms with E-state index in [0.29, 0.717) is 63.2 Å². The fourth-order valence-corrected chi connectivity index (χ4v) is 5.17. The van der Waals surface area contributed by atoms with Gasteiger partial charge in [0.05, 0.1) is 6.26 Å². The van der Waals surface area contributed by atoms with Gasteiger partial charge in [-0.25, -0.2) is 12.7 Å². The Morgan fingerprint density at radius 2 is 1.82 bits per heavy atom. The fraction of sp³-hybridized carbons (Fsp3) is 0.833. The van der Waals surface area contributed by atoms with Gasteiger partial charge in [0.2, 0.25) is 21.8 Å². The molecule has 0 radical (unpaired) electrons. The number of carbonyl (C=O) groups excluding carboxylic acids is 1. The summed E-state index contributed by atoms with van der Waals surface area (Å²) in [5, 5.41) is 4.12. The maximum absolute atomic E-state index is 12.5. The van der Waals surface area contributed by atoms with E-state index in [-0.39, 0.29) is 17.7 Å². The molecule has 4 rings (SSSR count). The Labute approximate surface area is 165 Å². The summed E-state index contributed by atoms with van der Waals surface area (Å²) in [6, 6.07) is 0. The number of carbonyl (C=O) groups is 1. The number of hydrogen-bond acceptors (Lipinski definition) is 7. The van der Waals surface area contributed by atoms with E-state index in [2.05, 4.69) is 10.1 Å². The third kappa shape index (κ3) is 4.38. The molecule has 0 N–H and O–H groups in total. The summed E-state index contributed by atoms with van der Waals surface area (Å²) in [5.41, 5.74) is 0. The lowest BCUT2D eigenvalue weighted by atomic mass is 9.91. The molecule has 3 fully saturated rings. The summed E-state index contributed by atoms with van der Waals surface area (Å²) >= 11 is 0. The van der Waals surface area contributed by atoms with E-state index in [4.69, 9.17) is 9.26 Å². The summed E-state index contributed by atoms with van der Waals surface area (Å²) in [6.45, 7) is 3.86. The fourth-order valence-electron chi connectivity index (χ4n) is 4.29. The van der Waals surface area contributed by atoms with Crippen LogP contribution >= 0.6 is 0 Å². The van der Waals surface area contributed by atoms with Crippen molar-refractivity contribution >= 4 is 15.9 Å². The highest BCUT2D eigenvalue weighted by Gasteiger charge is 2.36. The highest BCUT2D eigenvalue weighted by Crippen LogP contribution is 2.29. The number of hydrogen-bond donors (Lipinski definition) is 0. The molecule has 10 heteroatoms. The Kier molecular flexibility index (Phi) is 5.71. The Morgan fingerprint density at radius 3 is 2.46 bits per heavy atom. The minimum Gasteiger partial charge on any atom is -0.381 e. The minimum atomic E-state index is -3.13. The number of likely N-dealkylation sites (tertiary alicyclic amines) is 1. The lowest BCUT2D eigenvalue weighted by Crippen LogP contribution is -2.53. The van der Waals surface area contributed by atoms with Crippen molar-refractivity contribution in [3.63, 3.8) is 0 Å². The van der Waals surface area contributed by atoms with Gasteiger partial charge in [-0.2, -0.15) is 4.98 Å². The molecule has 0 bridgehead atoms. The third-order valence-electron chi connectivity index (χ3n) is 6.07. The lowest BCUT2D eigenvalue weighted by molar-refractivity contribution is -0.145. The largest absolute Gasteiger partial charge is 0.381 e. The average Bonchev–Trinajstić information content (AvgIpc) is 3.13. The van der Waals surface area contributed by atoms with Gasteiger partial charge in [-0.15, -0.1) is 0 Å². The first-order valence-electron chi connectivity index (χ1n) is 10.0. The highest BCUT2D eigenvalue weighted by atomic mass is 32.2. The molecule has 3 saturated heterocycles. The number of ether oxygens (including phenoxy) is 1. The molecule has 0 unspecified atom stereocenters. The van der Waals surface area contributed by atoms with Crippen LogP contribution < -0.4 is 0 Å². The van der Waals surface area contributed by atoms with Crippen molar-refractivity contribution in [1.82, 2.24) is 19.3 Å². The van der Waals surface area contributed by atoms with Crippen molar-refractivity contribution in [2.75, 3.05) is 45.6 Å². The van der Waals surface area contributed by atoms with Gasteiger partial charge in [0.15, 0.2) is 5.82 Å².